The predicted octanol–water partition coefficient (Wildman–Crippen LogP) is 2.68. The highest BCUT2D eigenvalue weighted by Gasteiger charge is 2.24. The number of fused-ring (bicyclic) bond motifs is 1. The highest BCUT2D eigenvalue weighted by atomic mass is 16.5. The second-order valence-electron chi connectivity index (χ2n) is 5.95. The van der Waals surface area contributed by atoms with Gasteiger partial charge in [-0.25, -0.2) is 4.98 Å². The maximum Gasteiger partial charge on any atom is 0.254 e. The van der Waals surface area contributed by atoms with E-state index >= 15 is 0 Å². The number of pyridine rings is 1. The Hall–Kier alpha value is -3.15. The van der Waals surface area contributed by atoms with Crippen LogP contribution in [0.1, 0.15) is 21.7 Å². The molecule has 0 spiro atoms. The van der Waals surface area contributed by atoms with Crippen LogP contribution in [0.4, 0.5) is 0 Å². The van der Waals surface area contributed by atoms with E-state index in [1.807, 2.05) is 29.2 Å². The number of methoxy groups -OCH3 is 1. The van der Waals surface area contributed by atoms with Crippen molar-refractivity contribution in [2.45, 2.75) is 13.0 Å². The Morgan fingerprint density at radius 1 is 1.16 bits per heavy atom. The van der Waals surface area contributed by atoms with E-state index in [1.165, 1.54) is 0 Å². The standard InChI is InChI=1S/C19H18N4O2/c1-25-15-4-2-13(3-5-15)18-21-16-8-11-23(12-17(16)22-18)19(24)14-6-9-20-10-7-14/h2-7,9-10H,8,11-12H2,1H3,(H,21,22). The van der Waals surface area contributed by atoms with Crippen molar-refractivity contribution in [1.29, 1.82) is 0 Å². The molecular weight excluding hydrogens is 316 g/mol. The lowest BCUT2D eigenvalue weighted by molar-refractivity contribution is 0.0732. The van der Waals surface area contributed by atoms with Crippen molar-refractivity contribution in [2.75, 3.05) is 13.7 Å². The van der Waals surface area contributed by atoms with Gasteiger partial charge in [-0.15, -0.1) is 0 Å². The molecule has 0 atom stereocenters. The zero-order valence-electron chi connectivity index (χ0n) is 13.9. The minimum absolute atomic E-state index is 0.0219. The Balaban J connectivity index is 1.55. The average molecular weight is 334 g/mol. The molecule has 0 radical (unpaired) electrons. The van der Waals surface area contributed by atoms with Gasteiger partial charge in [0.2, 0.25) is 0 Å². The molecule has 4 rings (SSSR count). The van der Waals surface area contributed by atoms with Crippen molar-refractivity contribution in [2.24, 2.45) is 0 Å². The molecule has 0 bridgehead atoms. The van der Waals surface area contributed by atoms with Crippen molar-refractivity contribution >= 4 is 5.91 Å². The van der Waals surface area contributed by atoms with Gasteiger partial charge in [-0.05, 0) is 36.4 Å². The number of carbonyl (C=O) groups is 1. The fourth-order valence-electron chi connectivity index (χ4n) is 3.03. The van der Waals surface area contributed by atoms with Gasteiger partial charge < -0.3 is 14.6 Å². The van der Waals surface area contributed by atoms with E-state index in [-0.39, 0.29) is 5.91 Å². The van der Waals surface area contributed by atoms with Crippen LogP contribution in [0.15, 0.2) is 48.8 Å². The van der Waals surface area contributed by atoms with Gasteiger partial charge >= 0.3 is 0 Å². The zero-order chi connectivity index (χ0) is 17.2. The SMILES string of the molecule is COc1ccc(-c2nc3c([nH]2)CN(C(=O)c2ccncc2)CC3)cc1. The van der Waals surface area contributed by atoms with Crippen LogP contribution in [0.5, 0.6) is 5.75 Å². The van der Waals surface area contributed by atoms with Gasteiger partial charge in [-0.2, -0.15) is 0 Å². The second kappa shape index (κ2) is 6.39. The van der Waals surface area contributed by atoms with E-state index in [0.717, 1.165) is 34.9 Å². The summed E-state index contributed by atoms with van der Waals surface area (Å²) < 4.78 is 5.19. The molecule has 0 saturated heterocycles. The first kappa shape index (κ1) is 15.4. The summed E-state index contributed by atoms with van der Waals surface area (Å²) in [7, 11) is 1.65. The number of carbonyl (C=O) groups excluding carboxylic acids is 1. The molecule has 0 unspecified atom stereocenters. The molecule has 2 aromatic heterocycles. The first-order chi connectivity index (χ1) is 12.2. The van der Waals surface area contributed by atoms with Crippen molar-refractivity contribution < 1.29 is 9.53 Å². The van der Waals surface area contributed by atoms with Gasteiger partial charge in [0.15, 0.2) is 0 Å². The summed E-state index contributed by atoms with van der Waals surface area (Å²) in [5, 5.41) is 0. The van der Waals surface area contributed by atoms with E-state index in [1.54, 1.807) is 31.6 Å². The largest absolute Gasteiger partial charge is 0.497 e. The van der Waals surface area contributed by atoms with E-state index in [9.17, 15) is 4.79 Å². The minimum Gasteiger partial charge on any atom is -0.497 e. The predicted molar refractivity (Wildman–Crippen MR) is 93.3 cm³/mol. The highest BCUT2D eigenvalue weighted by Crippen LogP contribution is 2.25. The quantitative estimate of drug-likeness (QED) is 0.799. The van der Waals surface area contributed by atoms with Crippen LogP contribution in [0.2, 0.25) is 0 Å². The number of H-pyrrole nitrogens is 1. The number of nitrogens with one attached hydrogen (secondary N) is 1. The first-order valence-corrected chi connectivity index (χ1v) is 8.16. The van der Waals surface area contributed by atoms with Gasteiger partial charge in [-0.3, -0.25) is 9.78 Å². The molecular formula is C19H18N4O2. The molecule has 1 N–H and O–H groups in total. The Kier molecular flexibility index (Phi) is 3.93. The molecule has 1 amide bonds. The van der Waals surface area contributed by atoms with Crippen molar-refractivity contribution in [3.05, 3.63) is 65.7 Å². The Morgan fingerprint density at radius 2 is 1.92 bits per heavy atom. The van der Waals surface area contributed by atoms with Gasteiger partial charge in [0.25, 0.3) is 5.91 Å². The summed E-state index contributed by atoms with van der Waals surface area (Å²) >= 11 is 0. The molecule has 25 heavy (non-hydrogen) atoms. The van der Waals surface area contributed by atoms with Crippen LogP contribution in [0.25, 0.3) is 11.4 Å². The third kappa shape index (κ3) is 2.98. The van der Waals surface area contributed by atoms with Gasteiger partial charge in [0.1, 0.15) is 11.6 Å². The number of benzene rings is 1. The second-order valence-corrected chi connectivity index (χ2v) is 5.95. The van der Waals surface area contributed by atoms with Crippen LogP contribution < -0.4 is 4.74 Å². The van der Waals surface area contributed by atoms with Crippen LogP contribution >= 0.6 is 0 Å². The number of aromatic amines is 1. The number of amides is 1. The summed E-state index contributed by atoms with van der Waals surface area (Å²) in [6.07, 6.45) is 4.03. The summed E-state index contributed by atoms with van der Waals surface area (Å²) in [5.74, 6) is 1.66. The van der Waals surface area contributed by atoms with Crippen LogP contribution in [-0.2, 0) is 13.0 Å². The maximum atomic E-state index is 12.6. The van der Waals surface area contributed by atoms with Crippen LogP contribution in [0, 0.1) is 0 Å². The molecule has 126 valence electrons. The minimum atomic E-state index is 0.0219. The van der Waals surface area contributed by atoms with E-state index in [4.69, 9.17) is 9.72 Å². The fourth-order valence-corrected chi connectivity index (χ4v) is 3.03. The number of hydrogen-bond donors (Lipinski definition) is 1. The first-order valence-electron chi connectivity index (χ1n) is 8.16. The Morgan fingerprint density at radius 3 is 2.64 bits per heavy atom. The van der Waals surface area contributed by atoms with E-state index in [0.29, 0.717) is 18.7 Å². The van der Waals surface area contributed by atoms with Crippen molar-refractivity contribution in [1.82, 2.24) is 19.9 Å². The number of imidazole rings is 1. The summed E-state index contributed by atoms with van der Waals surface area (Å²) in [4.78, 5) is 26.5. The molecule has 3 heterocycles. The number of rotatable bonds is 3. The van der Waals surface area contributed by atoms with Crippen LogP contribution in [0.3, 0.4) is 0 Å². The van der Waals surface area contributed by atoms with Gasteiger partial charge in [0.05, 0.1) is 25.0 Å². The maximum absolute atomic E-state index is 12.6. The molecule has 6 nitrogen and oxygen atoms in total. The number of ether oxygens (including phenoxy) is 1. The molecule has 0 fully saturated rings. The third-order valence-corrected chi connectivity index (χ3v) is 4.41. The number of hydrogen-bond acceptors (Lipinski definition) is 4. The lowest BCUT2D eigenvalue weighted by atomic mass is 10.1. The highest BCUT2D eigenvalue weighted by molar-refractivity contribution is 5.94. The summed E-state index contributed by atoms with van der Waals surface area (Å²) in [6, 6.07) is 11.3. The third-order valence-electron chi connectivity index (χ3n) is 4.41. The molecule has 1 aliphatic rings. The van der Waals surface area contributed by atoms with Crippen molar-refractivity contribution in [3.8, 4) is 17.1 Å². The topological polar surface area (TPSA) is 71.1 Å². The lowest BCUT2D eigenvalue weighted by Crippen LogP contribution is -2.36. The summed E-state index contributed by atoms with van der Waals surface area (Å²) in [6.45, 7) is 1.21. The monoisotopic (exact) mass is 334 g/mol. The van der Waals surface area contributed by atoms with Crippen molar-refractivity contribution in [3.63, 3.8) is 0 Å². The Labute approximate surface area is 145 Å². The van der Waals surface area contributed by atoms with E-state index < -0.39 is 0 Å². The molecule has 1 aliphatic heterocycles. The van der Waals surface area contributed by atoms with E-state index in [2.05, 4.69) is 9.97 Å². The number of nitrogens with zero attached hydrogens (tertiary/aromatic N) is 3. The molecule has 0 saturated carbocycles. The number of aromatic nitrogens is 3. The van der Waals surface area contributed by atoms with Gasteiger partial charge in [0, 0.05) is 36.5 Å². The fraction of sp³-hybridized carbons (Fsp3) is 0.211. The summed E-state index contributed by atoms with van der Waals surface area (Å²) in [5.41, 5.74) is 3.69. The molecule has 0 aliphatic carbocycles. The lowest BCUT2D eigenvalue weighted by Gasteiger charge is -2.26. The smallest absolute Gasteiger partial charge is 0.254 e. The molecule has 6 heteroatoms. The Bertz CT molecular complexity index is 888. The van der Waals surface area contributed by atoms with Crippen LogP contribution in [-0.4, -0.2) is 39.4 Å². The zero-order valence-corrected chi connectivity index (χ0v) is 13.9. The normalized spacial score (nSPS) is 13.4. The molecule has 1 aromatic carbocycles. The van der Waals surface area contributed by atoms with Gasteiger partial charge in [-0.1, -0.05) is 0 Å². The average Bonchev–Trinajstić information content (AvgIpc) is 3.11. The molecule has 3 aromatic rings.